The van der Waals surface area contributed by atoms with Gasteiger partial charge in [0.25, 0.3) is 0 Å². The molecule has 1 aromatic heterocycles. The number of hydrogen-bond acceptors (Lipinski definition) is 10. The summed E-state index contributed by atoms with van der Waals surface area (Å²) < 4.78 is 25.8. The maximum atomic E-state index is 11.7. The second-order valence-corrected chi connectivity index (χ2v) is 8.29. The Labute approximate surface area is 195 Å². The minimum absolute atomic E-state index is 0.00313. The maximum absolute atomic E-state index is 11.7. The molecule has 0 aromatic carbocycles. The van der Waals surface area contributed by atoms with E-state index in [0.717, 1.165) is 5.03 Å². The minimum Gasteiger partial charge on any atom is -0.496 e. The summed E-state index contributed by atoms with van der Waals surface area (Å²) in [6, 6.07) is 5.74. The zero-order valence-electron chi connectivity index (χ0n) is 17.8. The molecule has 0 saturated carbocycles. The van der Waals surface area contributed by atoms with Gasteiger partial charge in [0.15, 0.2) is 6.61 Å². The van der Waals surface area contributed by atoms with Gasteiger partial charge in [-0.2, -0.15) is 0 Å². The number of hydrogen-bond donors (Lipinski definition) is 2. The van der Waals surface area contributed by atoms with Crippen molar-refractivity contribution in [3.63, 3.8) is 0 Å². The fraction of sp³-hybridized carbons (Fsp3) is 0.550. The fourth-order valence-electron chi connectivity index (χ4n) is 1.90. The third-order valence-electron chi connectivity index (χ3n) is 3.31. The van der Waals surface area contributed by atoms with E-state index in [4.69, 9.17) is 24.1 Å². The highest BCUT2D eigenvalue weighted by Gasteiger charge is 2.02. The molecular weight excluding hydrogens is 460 g/mol. The average Bonchev–Trinajstić information content (AvgIpc) is 2.79. The van der Waals surface area contributed by atoms with Gasteiger partial charge < -0.3 is 34.1 Å². The smallest absolute Gasteiger partial charge is 0.341 e. The van der Waals surface area contributed by atoms with Crippen LogP contribution in [0.15, 0.2) is 41.9 Å². The van der Waals surface area contributed by atoms with Crippen molar-refractivity contribution in [2.24, 2.45) is 0 Å². The van der Waals surface area contributed by atoms with Crippen LogP contribution in [0.1, 0.15) is 6.42 Å². The van der Waals surface area contributed by atoms with Crippen LogP contribution in [0, 0.1) is 0 Å². The summed E-state index contributed by atoms with van der Waals surface area (Å²) in [6.07, 6.45) is 4.64. The summed E-state index contributed by atoms with van der Waals surface area (Å²) in [5.74, 6) is -0.329. The number of carboxylic acids is 1. The Bertz CT molecular complexity index is 637. The molecule has 0 spiro atoms. The second kappa shape index (κ2) is 20.9. The zero-order chi connectivity index (χ0) is 23.1. The lowest BCUT2D eigenvalue weighted by Crippen LogP contribution is -2.27. The molecule has 1 amide bonds. The van der Waals surface area contributed by atoms with Crippen LogP contribution in [-0.4, -0.2) is 87.1 Å². The highest BCUT2D eigenvalue weighted by Crippen LogP contribution is 2.29. The third kappa shape index (κ3) is 18.8. The van der Waals surface area contributed by atoms with Crippen molar-refractivity contribution in [2.75, 3.05) is 65.2 Å². The molecule has 0 bridgehead atoms. The predicted molar refractivity (Wildman–Crippen MR) is 121 cm³/mol. The molecule has 0 fully saturated rings. The average molecular weight is 491 g/mol. The Morgan fingerprint density at radius 1 is 0.969 bits per heavy atom. The molecular formula is C20H30N2O8S2. The lowest BCUT2D eigenvalue weighted by atomic mass is 10.4. The van der Waals surface area contributed by atoms with Crippen molar-refractivity contribution in [3.8, 4) is 0 Å². The van der Waals surface area contributed by atoms with E-state index in [0.29, 0.717) is 65.0 Å². The van der Waals surface area contributed by atoms with Gasteiger partial charge in [-0.1, -0.05) is 16.9 Å². The Hall–Kier alpha value is -1.99. The number of amides is 1. The number of pyridine rings is 1. The van der Waals surface area contributed by atoms with Crippen LogP contribution in [0.3, 0.4) is 0 Å². The molecule has 0 unspecified atom stereocenters. The van der Waals surface area contributed by atoms with Gasteiger partial charge in [0.1, 0.15) is 24.2 Å². The van der Waals surface area contributed by atoms with Gasteiger partial charge in [0.2, 0.25) is 5.91 Å². The lowest BCUT2D eigenvalue weighted by molar-refractivity contribution is -0.140. The number of aromatic nitrogens is 1. The predicted octanol–water partition coefficient (Wildman–Crippen LogP) is 1.97. The SMILES string of the molecule is O=C(O)COC=COCCOCCOCCOCCNC(=O)CCSSc1ccccn1. The normalized spacial score (nSPS) is 10.9. The molecule has 1 rings (SSSR count). The molecule has 12 heteroatoms. The number of carbonyl (C=O) groups is 2. The van der Waals surface area contributed by atoms with Crippen LogP contribution in [0.4, 0.5) is 0 Å². The third-order valence-corrected chi connectivity index (χ3v) is 5.57. The Morgan fingerprint density at radius 2 is 1.66 bits per heavy atom. The number of nitrogens with one attached hydrogen (secondary N) is 1. The highest BCUT2D eigenvalue weighted by atomic mass is 33.1. The monoisotopic (exact) mass is 490 g/mol. The molecule has 1 aromatic rings. The van der Waals surface area contributed by atoms with E-state index in [1.54, 1.807) is 27.8 Å². The van der Waals surface area contributed by atoms with E-state index in [9.17, 15) is 9.59 Å². The molecule has 0 aliphatic carbocycles. The van der Waals surface area contributed by atoms with Crippen molar-refractivity contribution >= 4 is 33.5 Å². The van der Waals surface area contributed by atoms with Gasteiger partial charge in [-0.25, -0.2) is 9.78 Å². The van der Waals surface area contributed by atoms with Crippen LogP contribution < -0.4 is 5.32 Å². The first kappa shape index (κ1) is 28.0. The van der Waals surface area contributed by atoms with Crippen molar-refractivity contribution in [1.82, 2.24) is 10.3 Å². The first-order valence-electron chi connectivity index (χ1n) is 9.99. The molecule has 10 nitrogen and oxygen atoms in total. The van der Waals surface area contributed by atoms with Crippen LogP contribution in [0.2, 0.25) is 0 Å². The number of nitrogens with zero attached hydrogens (tertiary/aromatic N) is 1. The first-order valence-corrected chi connectivity index (χ1v) is 12.3. The Morgan fingerprint density at radius 3 is 2.34 bits per heavy atom. The number of carbonyl (C=O) groups excluding carboxylic acids is 1. The number of ether oxygens (including phenoxy) is 5. The van der Waals surface area contributed by atoms with E-state index in [2.05, 4.69) is 15.0 Å². The largest absolute Gasteiger partial charge is 0.496 e. The van der Waals surface area contributed by atoms with Gasteiger partial charge in [-0.3, -0.25) is 4.79 Å². The van der Waals surface area contributed by atoms with Crippen molar-refractivity contribution in [1.29, 1.82) is 0 Å². The molecule has 0 radical (unpaired) electrons. The van der Waals surface area contributed by atoms with E-state index >= 15 is 0 Å². The first-order chi connectivity index (χ1) is 15.7. The van der Waals surface area contributed by atoms with Crippen LogP contribution in [-0.2, 0) is 33.3 Å². The standard InChI is InChI=1S/C20H30N2O8S2/c23-18(4-16-31-32-19-3-1-2-5-22-19)21-6-7-26-8-9-27-10-11-28-12-13-29-14-15-30-17-20(24)25/h1-3,5,14-15H,4,6-13,16-17H2,(H,21,23)(H,24,25). The molecule has 180 valence electrons. The van der Waals surface area contributed by atoms with Crippen molar-refractivity contribution in [3.05, 3.63) is 36.9 Å². The molecule has 2 N–H and O–H groups in total. The molecule has 0 saturated heterocycles. The van der Waals surface area contributed by atoms with Gasteiger partial charge >= 0.3 is 5.97 Å². The lowest BCUT2D eigenvalue weighted by Gasteiger charge is -2.08. The van der Waals surface area contributed by atoms with Crippen LogP contribution in [0.5, 0.6) is 0 Å². The van der Waals surface area contributed by atoms with E-state index in [1.807, 2.05) is 18.2 Å². The van der Waals surface area contributed by atoms with Gasteiger partial charge in [0.05, 0.1) is 39.6 Å². The van der Waals surface area contributed by atoms with Gasteiger partial charge in [0, 0.05) is 24.9 Å². The number of carboxylic acid groups (broad SMARTS) is 1. The van der Waals surface area contributed by atoms with E-state index in [-0.39, 0.29) is 5.91 Å². The van der Waals surface area contributed by atoms with Crippen LogP contribution in [0.25, 0.3) is 0 Å². The summed E-state index contributed by atoms with van der Waals surface area (Å²) in [7, 11) is 3.16. The molecule has 0 aliphatic heterocycles. The summed E-state index contributed by atoms with van der Waals surface area (Å²) in [4.78, 5) is 26.1. The molecule has 0 aliphatic rings. The molecule has 32 heavy (non-hydrogen) atoms. The topological polar surface area (TPSA) is 125 Å². The van der Waals surface area contributed by atoms with E-state index in [1.165, 1.54) is 12.5 Å². The molecule has 1 heterocycles. The Kier molecular flexibility index (Phi) is 18.3. The maximum Gasteiger partial charge on any atom is 0.341 e. The van der Waals surface area contributed by atoms with Crippen molar-refractivity contribution in [2.45, 2.75) is 11.4 Å². The minimum atomic E-state index is -1.05. The quantitative estimate of drug-likeness (QED) is 0.149. The fourth-order valence-corrected chi connectivity index (χ4v) is 3.77. The molecule has 0 atom stereocenters. The highest BCUT2D eigenvalue weighted by molar-refractivity contribution is 8.76. The van der Waals surface area contributed by atoms with Gasteiger partial charge in [-0.05, 0) is 22.9 Å². The number of aliphatic carboxylic acids is 1. The van der Waals surface area contributed by atoms with Crippen molar-refractivity contribution < 1.29 is 38.4 Å². The summed E-state index contributed by atoms with van der Waals surface area (Å²) >= 11 is 0. The summed E-state index contributed by atoms with van der Waals surface area (Å²) in [6.45, 7) is 2.94. The van der Waals surface area contributed by atoms with E-state index < -0.39 is 12.6 Å². The second-order valence-electron chi connectivity index (χ2n) is 5.86. The summed E-state index contributed by atoms with van der Waals surface area (Å²) in [5.41, 5.74) is 0. The van der Waals surface area contributed by atoms with Crippen LogP contribution >= 0.6 is 21.6 Å². The van der Waals surface area contributed by atoms with Gasteiger partial charge in [-0.15, -0.1) is 0 Å². The summed E-state index contributed by atoms with van der Waals surface area (Å²) in [5, 5.41) is 12.1. The number of rotatable bonds is 21. The Balaban J connectivity index is 1.76. The zero-order valence-corrected chi connectivity index (χ0v) is 19.4.